The number of aryl methyl sites for hydroxylation is 1. The third-order valence-corrected chi connectivity index (χ3v) is 4.80. The minimum absolute atomic E-state index is 0.293. The van der Waals surface area contributed by atoms with Gasteiger partial charge >= 0.3 is 0 Å². The number of carbonyl (C=O) groups excluding carboxylic acids is 1. The van der Waals surface area contributed by atoms with Gasteiger partial charge < -0.3 is 0 Å². The molecule has 27 heavy (non-hydrogen) atoms. The Morgan fingerprint density at radius 3 is 2.67 bits per heavy atom. The third kappa shape index (κ3) is 3.61. The van der Waals surface area contributed by atoms with E-state index in [2.05, 4.69) is 20.3 Å². The lowest BCUT2D eigenvalue weighted by molar-refractivity contribution is 0.102. The maximum atomic E-state index is 13.1. The summed E-state index contributed by atoms with van der Waals surface area (Å²) in [5.74, 6) is 0.0821. The van der Waals surface area contributed by atoms with Crippen molar-refractivity contribution in [2.45, 2.75) is 6.92 Å². The molecule has 1 N–H and O–H groups in total. The number of benzene rings is 1. The highest BCUT2D eigenvalue weighted by atomic mass is 32.1. The van der Waals surface area contributed by atoms with Crippen LogP contribution in [-0.4, -0.2) is 25.4 Å². The molecule has 0 aliphatic carbocycles. The predicted octanol–water partition coefficient (Wildman–Crippen LogP) is 4.09. The molecule has 3 heterocycles. The number of nitrogens with one attached hydrogen (secondary N) is 1. The molecule has 0 aliphatic heterocycles. The van der Waals surface area contributed by atoms with E-state index in [9.17, 15) is 9.18 Å². The molecule has 134 valence electrons. The van der Waals surface area contributed by atoms with Gasteiger partial charge in [0.2, 0.25) is 0 Å². The Balaban J connectivity index is 1.51. The van der Waals surface area contributed by atoms with Crippen LogP contribution in [0.25, 0.3) is 17.1 Å². The molecule has 0 unspecified atom stereocenters. The first-order valence-electron chi connectivity index (χ1n) is 8.09. The smallest absolute Gasteiger partial charge is 0.259 e. The van der Waals surface area contributed by atoms with Crippen LogP contribution in [0.4, 0.5) is 9.52 Å². The fourth-order valence-corrected chi connectivity index (χ4v) is 3.39. The summed E-state index contributed by atoms with van der Waals surface area (Å²) in [5, 5.41) is 3.27. The van der Waals surface area contributed by atoms with Gasteiger partial charge in [-0.2, -0.15) is 0 Å². The van der Waals surface area contributed by atoms with Gasteiger partial charge in [0.25, 0.3) is 5.91 Å². The summed E-state index contributed by atoms with van der Waals surface area (Å²) in [6.07, 6.45) is 6.58. The lowest BCUT2D eigenvalue weighted by atomic mass is 10.1. The molecule has 1 aromatic carbocycles. The van der Waals surface area contributed by atoms with Crippen LogP contribution in [-0.2, 0) is 0 Å². The molecular weight excluding hydrogens is 365 g/mol. The van der Waals surface area contributed by atoms with Gasteiger partial charge in [0.1, 0.15) is 18.0 Å². The number of aromatic nitrogens is 4. The van der Waals surface area contributed by atoms with Crippen molar-refractivity contribution in [3.05, 3.63) is 77.6 Å². The number of pyridine rings is 1. The highest BCUT2D eigenvalue weighted by Gasteiger charge is 2.14. The second-order valence-electron chi connectivity index (χ2n) is 5.76. The summed E-state index contributed by atoms with van der Waals surface area (Å²) in [6.45, 7) is 1.91. The summed E-state index contributed by atoms with van der Waals surface area (Å²) in [5.41, 5.74) is 1.95. The number of halogens is 1. The van der Waals surface area contributed by atoms with E-state index in [1.54, 1.807) is 47.6 Å². The number of imidazole rings is 1. The zero-order chi connectivity index (χ0) is 18.8. The van der Waals surface area contributed by atoms with Gasteiger partial charge in [-0.15, -0.1) is 11.3 Å². The Labute approximate surface area is 158 Å². The minimum atomic E-state index is -0.299. The molecule has 4 aromatic rings. The van der Waals surface area contributed by atoms with Crippen LogP contribution in [0.5, 0.6) is 0 Å². The molecule has 0 bridgehead atoms. The normalized spacial score (nSPS) is 10.7. The SMILES string of the molecule is Cc1sc(NC(=O)c2ccc(-n3ccnc3)nc2)nc1-c1ccc(F)cc1. The van der Waals surface area contributed by atoms with Crippen LogP contribution in [0.2, 0.25) is 0 Å². The van der Waals surface area contributed by atoms with Crippen molar-refractivity contribution >= 4 is 22.4 Å². The number of thiazole rings is 1. The fraction of sp³-hybridized carbons (Fsp3) is 0.0526. The molecular formula is C19H14FN5OS. The summed E-state index contributed by atoms with van der Waals surface area (Å²) in [7, 11) is 0. The second-order valence-corrected chi connectivity index (χ2v) is 6.96. The van der Waals surface area contributed by atoms with Crippen LogP contribution >= 0.6 is 11.3 Å². The molecule has 0 aliphatic rings. The quantitative estimate of drug-likeness (QED) is 0.580. The molecule has 0 atom stereocenters. The maximum Gasteiger partial charge on any atom is 0.259 e. The molecule has 3 aromatic heterocycles. The molecule has 4 rings (SSSR count). The van der Waals surface area contributed by atoms with Crippen LogP contribution in [0.15, 0.2) is 61.3 Å². The first-order valence-corrected chi connectivity index (χ1v) is 8.91. The largest absolute Gasteiger partial charge is 0.298 e. The first kappa shape index (κ1) is 17.0. The van der Waals surface area contributed by atoms with Gasteiger partial charge in [0, 0.05) is 29.0 Å². The first-order chi connectivity index (χ1) is 13.1. The van der Waals surface area contributed by atoms with Gasteiger partial charge in [-0.1, -0.05) is 0 Å². The van der Waals surface area contributed by atoms with Crippen LogP contribution in [0.3, 0.4) is 0 Å². The van der Waals surface area contributed by atoms with E-state index < -0.39 is 0 Å². The number of hydrogen-bond acceptors (Lipinski definition) is 5. The van der Waals surface area contributed by atoms with E-state index in [0.717, 1.165) is 16.1 Å². The number of amides is 1. The third-order valence-electron chi connectivity index (χ3n) is 3.91. The van der Waals surface area contributed by atoms with E-state index in [0.29, 0.717) is 16.5 Å². The van der Waals surface area contributed by atoms with Gasteiger partial charge in [-0.25, -0.2) is 19.3 Å². The second kappa shape index (κ2) is 7.08. The van der Waals surface area contributed by atoms with Crippen molar-refractivity contribution in [2.24, 2.45) is 0 Å². The minimum Gasteiger partial charge on any atom is -0.298 e. The molecule has 0 fully saturated rings. The van der Waals surface area contributed by atoms with E-state index >= 15 is 0 Å². The van der Waals surface area contributed by atoms with Crippen molar-refractivity contribution in [3.63, 3.8) is 0 Å². The highest BCUT2D eigenvalue weighted by molar-refractivity contribution is 7.16. The molecule has 0 radical (unpaired) electrons. The molecule has 0 saturated heterocycles. The van der Waals surface area contributed by atoms with Crippen molar-refractivity contribution < 1.29 is 9.18 Å². The Bertz CT molecular complexity index is 1070. The molecule has 1 amide bonds. The molecule has 0 saturated carbocycles. The number of anilines is 1. The van der Waals surface area contributed by atoms with Crippen molar-refractivity contribution in [1.29, 1.82) is 0 Å². The summed E-state index contributed by atoms with van der Waals surface area (Å²) < 4.78 is 14.9. The zero-order valence-corrected chi connectivity index (χ0v) is 15.1. The monoisotopic (exact) mass is 379 g/mol. The zero-order valence-electron chi connectivity index (χ0n) is 14.3. The summed E-state index contributed by atoms with van der Waals surface area (Å²) in [4.78, 5) is 26.1. The van der Waals surface area contributed by atoms with E-state index in [4.69, 9.17) is 0 Å². The molecule has 8 heteroatoms. The van der Waals surface area contributed by atoms with Gasteiger partial charge in [0.05, 0.1) is 11.3 Å². The lowest BCUT2D eigenvalue weighted by Crippen LogP contribution is -2.12. The number of rotatable bonds is 4. The number of carbonyl (C=O) groups is 1. The number of hydrogen-bond donors (Lipinski definition) is 1. The van der Waals surface area contributed by atoms with E-state index in [-0.39, 0.29) is 11.7 Å². The maximum absolute atomic E-state index is 13.1. The topological polar surface area (TPSA) is 72.7 Å². The van der Waals surface area contributed by atoms with Crippen LogP contribution in [0.1, 0.15) is 15.2 Å². The Hall–Kier alpha value is -3.39. The average Bonchev–Trinajstić information content (AvgIpc) is 3.33. The Morgan fingerprint density at radius 2 is 2.00 bits per heavy atom. The van der Waals surface area contributed by atoms with Gasteiger partial charge in [0.15, 0.2) is 5.13 Å². The predicted molar refractivity (Wildman–Crippen MR) is 102 cm³/mol. The number of nitrogens with zero attached hydrogens (tertiary/aromatic N) is 4. The average molecular weight is 379 g/mol. The Kier molecular flexibility index (Phi) is 4.47. The van der Waals surface area contributed by atoms with Gasteiger partial charge in [-0.05, 0) is 43.3 Å². The van der Waals surface area contributed by atoms with Crippen molar-refractivity contribution in [3.8, 4) is 17.1 Å². The van der Waals surface area contributed by atoms with Crippen LogP contribution in [0, 0.1) is 12.7 Å². The fourth-order valence-electron chi connectivity index (χ4n) is 2.56. The lowest BCUT2D eigenvalue weighted by Gasteiger charge is -2.04. The summed E-state index contributed by atoms with van der Waals surface area (Å²) >= 11 is 1.37. The summed E-state index contributed by atoms with van der Waals surface area (Å²) in [6, 6.07) is 9.55. The Morgan fingerprint density at radius 1 is 1.19 bits per heavy atom. The van der Waals surface area contributed by atoms with Crippen LogP contribution < -0.4 is 5.32 Å². The van der Waals surface area contributed by atoms with Gasteiger partial charge in [-0.3, -0.25) is 14.7 Å². The molecule has 6 nitrogen and oxygen atoms in total. The standard InChI is InChI=1S/C19H14FN5OS/c1-12-17(13-2-5-15(20)6-3-13)23-19(27-12)24-18(26)14-4-7-16(22-10-14)25-9-8-21-11-25/h2-11H,1H3,(H,23,24,26). The van der Waals surface area contributed by atoms with E-state index in [1.165, 1.54) is 29.7 Å². The molecule has 0 spiro atoms. The van der Waals surface area contributed by atoms with E-state index in [1.807, 2.05) is 6.92 Å². The highest BCUT2D eigenvalue weighted by Crippen LogP contribution is 2.30. The van der Waals surface area contributed by atoms with Crippen molar-refractivity contribution in [1.82, 2.24) is 19.5 Å². The van der Waals surface area contributed by atoms with Crippen molar-refractivity contribution in [2.75, 3.05) is 5.32 Å².